The molecule has 1 aromatic heterocycles. The lowest BCUT2D eigenvalue weighted by atomic mass is 10.1. The maximum absolute atomic E-state index is 12.0. The third-order valence-corrected chi connectivity index (χ3v) is 4.69. The predicted molar refractivity (Wildman–Crippen MR) is 112 cm³/mol. The van der Waals surface area contributed by atoms with Crippen LogP contribution in [0.15, 0.2) is 42.5 Å². The monoisotopic (exact) mass is 385 g/mol. The molecule has 0 saturated carbocycles. The van der Waals surface area contributed by atoms with Crippen molar-refractivity contribution in [2.75, 3.05) is 17.2 Å². The zero-order chi connectivity index (χ0) is 18.5. The first-order valence-corrected chi connectivity index (χ1v) is 9.25. The average molecular weight is 386 g/mol. The molecule has 0 aliphatic rings. The summed E-state index contributed by atoms with van der Waals surface area (Å²) in [6.45, 7) is 4.13. The molecule has 2 aromatic carbocycles. The van der Waals surface area contributed by atoms with Crippen molar-refractivity contribution in [2.45, 2.75) is 13.8 Å². The zero-order valence-corrected chi connectivity index (χ0v) is 16.1. The van der Waals surface area contributed by atoms with Crippen molar-refractivity contribution in [1.82, 2.24) is 15.8 Å². The van der Waals surface area contributed by atoms with Crippen molar-refractivity contribution >= 4 is 55.6 Å². The lowest BCUT2D eigenvalue weighted by molar-refractivity contribution is -0.119. The van der Waals surface area contributed by atoms with Crippen LogP contribution < -0.4 is 21.5 Å². The van der Waals surface area contributed by atoms with Gasteiger partial charge in [0.2, 0.25) is 0 Å². The highest BCUT2D eigenvalue weighted by Crippen LogP contribution is 2.24. The van der Waals surface area contributed by atoms with E-state index in [4.69, 9.17) is 12.2 Å². The Morgan fingerprint density at radius 1 is 1.12 bits per heavy atom. The molecule has 134 valence electrons. The molecular weight excluding hydrogens is 366 g/mol. The first kappa shape index (κ1) is 18.1. The SMILES string of the molecule is Cc1cc(C)cc(NC(=S)NNC(=O)CNc2nc3ccccc3s2)c1. The van der Waals surface area contributed by atoms with Crippen LogP contribution in [0.3, 0.4) is 0 Å². The molecule has 6 nitrogen and oxygen atoms in total. The summed E-state index contributed by atoms with van der Waals surface area (Å²) in [5.74, 6) is -0.242. The molecule has 0 spiro atoms. The number of nitrogens with one attached hydrogen (secondary N) is 4. The third-order valence-electron chi connectivity index (χ3n) is 3.49. The van der Waals surface area contributed by atoms with E-state index in [1.165, 1.54) is 11.3 Å². The van der Waals surface area contributed by atoms with Crippen LogP contribution >= 0.6 is 23.6 Å². The molecule has 26 heavy (non-hydrogen) atoms. The average Bonchev–Trinajstić information content (AvgIpc) is 3.00. The zero-order valence-electron chi connectivity index (χ0n) is 14.4. The molecule has 0 unspecified atom stereocenters. The van der Waals surface area contributed by atoms with Crippen LogP contribution in [-0.4, -0.2) is 22.5 Å². The molecule has 0 fully saturated rings. The van der Waals surface area contributed by atoms with Gasteiger partial charge in [-0.2, -0.15) is 0 Å². The van der Waals surface area contributed by atoms with Crippen molar-refractivity contribution in [1.29, 1.82) is 0 Å². The lowest BCUT2D eigenvalue weighted by Gasteiger charge is -2.12. The fourth-order valence-electron chi connectivity index (χ4n) is 2.48. The normalized spacial score (nSPS) is 10.4. The predicted octanol–water partition coefficient (Wildman–Crippen LogP) is 3.34. The van der Waals surface area contributed by atoms with Crippen molar-refractivity contribution in [2.24, 2.45) is 0 Å². The number of carbonyl (C=O) groups excluding carboxylic acids is 1. The second kappa shape index (κ2) is 8.11. The number of thiocarbonyl (C=S) groups is 1. The fraction of sp³-hybridized carbons (Fsp3) is 0.167. The Morgan fingerprint density at radius 3 is 2.58 bits per heavy atom. The summed E-state index contributed by atoms with van der Waals surface area (Å²) in [5.41, 5.74) is 9.32. The smallest absolute Gasteiger partial charge is 0.257 e. The topological polar surface area (TPSA) is 78.1 Å². The number of anilines is 2. The molecule has 8 heteroatoms. The lowest BCUT2D eigenvalue weighted by Crippen LogP contribution is -2.45. The Kier molecular flexibility index (Phi) is 5.65. The van der Waals surface area contributed by atoms with Crippen molar-refractivity contribution in [3.63, 3.8) is 0 Å². The second-order valence-electron chi connectivity index (χ2n) is 5.84. The van der Waals surface area contributed by atoms with Crippen LogP contribution in [0.25, 0.3) is 10.2 Å². The van der Waals surface area contributed by atoms with Gasteiger partial charge in [0.05, 0.1) is 16.8 Å². The van der Waals surface area contributed by atoms with Gasteiger partial charge in [0.1, 0.15) is 0 Å². The van der Waals surface area contributed by atoms with Crippen LogP contribution in [0.2, 0.25) is 0 Å². The summed E-state index contributed by atoms with van der Waals surface area (Å²) in [6.07, 6.45) is 0. The number of carbonyl (C=O) groups is 1. The van der Waals surface area contributed by atoms with E-state index in [0.29, 0.717) is 10.2 Å². The van der Waals surface area contributed by atoms with E-state index in [-0.39, 0.29) is 12.5 Å². The van der Waals surface area contributed by atoms with Gasteiger partial charge in [-0.25, -0.2) is 4.98 Å². The van der Waals surface area contributed by atoms with Crippen LogP contribution in [0, 0.1) is 13.8 Å². The molecule has 0 atom stereocenters. The number of aromatic nitrogens is 1. The van der Waals surface area contributed by atoms with Crippen molar-refractivity contribution < 1.29 is 4.79 Å². The van der Waals surface area contributed by atoms with Crippen molar-refractivity contribution in [3.8, 4) is 0 Å². The maximum atomic E-state index is 12.0. The summed E-state index contributed by atoms with van der Waals surface area (Å²) in [7, 11) is 0. The molecule has 1 heterocycles. The number of benzene rings is 2. The first-order valence-electron chi connectivity index (χ1n) is 8.03. The van der Waals surface area contributed by atoms with Gasteiger partial charge in [-0.3, -0.25) is 15.6 Å². The number of para-hydroxylation sites is 1. The van der Waals surface area contributed by atoms with Gasteiger partial charge in [-0.1, -0.05) is 29.5 Å². The van der Waals surface area contributed by atoms with Gasteiger partial charge in [0, 0.05) is 5.69 Å². The molecule has 0 bridgehead atoms. The Balaban J connectivity index is 1.45. The van der Waals surface area contributed by atoms with E-state index in [0.717, 1.165) is 27.0 Å². The standard InChI is InChI=1S/C18H19N5OS2/c1-11-7-12(2)9-13(8-11)20-17(25)23-22-16(24)10-19-18-21-14-5-3-4-6-15(14)26-18/h3-9H,10H2,1-2H3,(H,19,21)(H,22,24)(H2,20,23,25). The van der Waals surface area contributed by atoms with Gasteiger partial charge in [-0.15, -0.1) is 0 Å². The van der Waals surface area contributed by atoms with Crippen LogP contribution in [0.5, 0.6) is 0 Å². The van der Waals surface area contributed by atoms with Gasteiger partial charge in [0.15, 0.2) is 10.2 Å². The first-order chi connectivity index (χ1) is 12.5. The summed E-state index contributed by atoms with van der Waals surface area (Å²) in [6, 6.07) is 13.9. The number of nitrogens with zero attached hydrogens (tertiary/aromatic N) is 1. The molecule has 1 amide bonds. The number of fused-ring (bicyclic) bond motifs is 1. The van der Waals surface area contributed by atoms with E-state index in [1.54, 1.807) is 0 Å². The van der Waals surface area contributed by atoms with Gasteiger partial charge in [-0.05, 0) is 61.5 Å². The molecule has 0 radical (unpaired) electrons. The largest absolute Gasteiger partial charge is 0.352 e. The number of hydrazine groups is 1. The summed E-state index contributed by atoms with van der Waals surface area (Å²) >= 11 is 6.70. The number of aryl methyl sites for hydroxylation is 2. The molecule has 4 N–H and O–H groups in total. The second-order valence-corrected chi connectivity index (χ2v) is 7.28. The number of rotatable bonds is 4. The van der Waals surface area contributed by atoms with Crippen molar-refractivity contribution in [3.05, 3.63) is 53.6 Å². The van der Waals surface area contributed by atoms with E-state index in [1.807, 2.05) is 50.2 Å². The Hall–Kier alpha value is -2.71. The van der Waals surface area contributed by atoms with E-state index in [2.05, 4.69) is 32.5 Å². The Bertz CT molecular complexity index is 900. The molecule has 3 aromatic rings. The molecule has 0 aliphatic carbocycles. The third kappa shape index (κ3) is 4.90. The molecule has 3 rings (SSSR count). The number of thiazole rings is 1. The molecular formula is C18H19N5OS2. The van der Waals surface area contributed by atoms with E-state index >= 15 is 0 Å². The van der Waals surface area contributed by atoms with Gasteiger partial charge >= 0.3 is 0 Å². The number of hydrogen-bond acceptors (Lipinski definition) is 5. The number of hydrogen-bond donors (Lipinski definition) is 4. The summed E-state index contributed by atoms with van der Waals surface area (Å²) < 4.78 is 1.08. The van der Waals surface area contributed by atoms with Gasteiger partial charge in [0.25, 0.3) is 5.91 Å². The maximum Gasteiger partial charge on any atom is 0.257 e. The van der Waals surface area contributed by atoms with Gasteiger partial charge < -0.3 is 10.6 Å². The van der Waals surface area contributed by atoms with Crippen LogP contribution in [-0.2, 0) is 4.79 Å². The minimum absolute atomic E-state index is 0.0962. The Morgan fingerprint density at radius 2 is 1.85 bits per heavy atom. The Labute approximate surface area is 161 Å². The highest BCUT2D eigenvalue weighted by Gasteiger charge is 2.06. The molecule has 0 aliphatic heterocycles. The minimum atomic E-state index is -0.242. The quantitative estimate of drug-likeness (QED) is 0.408. The highest BCUT2D eigenvalue weighted by molar-refractivity contribution is 7.80. The summed E-state index contributed by atoms with van der Waals surface area (Å²) in [4.78, 5) is 16.4. The number of amides is 1. The highest BCUT2D eigenvalue weighted by atomic mass is 32.1. The minimum Gasteiger partial charge on any atom is -0.352 e. The van der Waals surface area contributed by atoms with Crippen LogP contribution in [0.1, 0.15) is 11.1 Å². The van der Waals surface area contributed by atoms with E-state index in [9.17, 15) is 4.79 Å². The van der Waals surface area contributed by atoms with E-state index < -0.39 is 0 Å². The molecule has 0 saturated heterocycles. The van der Waals surface area contributed by atoms with Crippen LogP contribution in [0.4, 0.5) is 10.8 Å². The fourth-order valence-corrected chi connectivity index (χ4v) is 3.51. The summed E-state index contributed by atoms with van der Waals surface area (Å²) in [5, 5.41) is 7.09.